The van der Waals surface area contributed by atoms with Crippen LogP contribution in [0.25, 0.3) is 0 Å². The van der Waals surface area contributed by atoms with E-state index in [2.05, 4.69) is 13.5 Å². The Kier molecular flexibility index (Phi) is 5.26. The molecule has 0 aromatic rings. The average molecular weight is 152 g/mol. The molecular formula is C10H16O. The molecule has 1 heteroatoms. The van der Waals surface area contributed by atoms with Gasteiger partial charge in [-0.1, -0.05) is 32.6 Å². The average Bonchev–Trinajstić information content (AvgIpc) is 2.06. The molecule has 0 atom stereocenters. The van der Waals surface area contributed by atoms with Crippen molar-refractivity contribution < 1.29 is 5.11 Å². The van der Waals surface area contributed by atoms with Crippen molar-refractivity contribution >= 4 is 0 Å². The lowest BCUT2D eigenvalue weighted by atomic mass is 10.2. The van der Waals surface area contributed by atoms with Crippen molar-refractivity contribution in [2.24, 2.45) is 0 Å². The molecule has 0 radical (unpaired) electrons. The molecule has 0 aromatic heterocycles. The first-order valence-electron chi connectivity index (χ1n) is 3.95. The highest BCUT2D eigenvalue weighted by Gasteiger charge is 1.85. The zero-order chi connectivity index (χ0) is 8.69. The van der Waals surface area contributed by atoms with Crippen LogP contribution in [0, 0.1) is 0 Å². The summed E-state index contributed by atoms with van der Waals surface area (Å²) in [4.78, 5) is 0. The maximum atomic E-state index is 9.08. The highest BCUT2D eigenvalue weighted by atomic mass is 16.3. The van der Waals surface area contributed by atoms with E-state index in [1.54, 1.807) is 12.2 Å². The number of aliphatic hydroxyl groups excluding tert-OH is 1. The van der Waals surface area contributed by atoms with Gasteiger partial charge in [0.25, 0.3) is 0 Å². The smallest absolute Gasteiger partial charge is 0.0919 e. The maximum Gasteiger partial charge on any atom is 0.0919 e. The molecule has 0 amide bonds. The van der Waals surface area contributed by atoms with E-state index < -0.39 is 0 Å². The lowest BCUT2D eigenvalue weighted by Gasteiger charge is -1.93. The highest BCUT2D eigenvalue weighted by molar-refractivity contribution is 5.22. The summed E-state index contributed by atoms with van der Waals surface area (Å²) in [7, 11) is 0. The largest absolute Gasteiger partial charge is 0.512 e. The molecule has 0 saturated carbocycles. The second-order valence-electron chi connectivity index (χ2n) is 2.31. The molecular weight excluding hydrogens is 136 g/mol. The molecule has 0 rings (SSSR count). The summed E-state index contributed by atoms with van der Waals surface area (Å²) in [5.74, 6) is 0.415. The molecule has 62 valence electrons. The quantitative estimate of drug-likeness (QED) is 0.483. The van der Waals surface area contributed by atoms with Crippen molar-refractivity contribution in [3.63, 3.8) is 0 Å². The Morgan fingerprint density at radius 2 is 1.91 bits per heavy atom. The molecule has 0 saturated heterocycles. The summed E-state index contributed by atoms with van der Waals surface area (Å²) >= 11 is 0. The van der Waals surface area contributed by atoms with Crippen molar-refractivity contribution in [3.8, 4) is 0 Å². The lowest BCUT2D eigenvalue weighted by Crippen LogP contribution is -1.76. The predicted molar refractivity (Wildman–Crippen MR) is 49.6 cm³/mol. The van der Waals surface area contributed by atoms with Crippen LogP contribution in [0.5, 0.6) is 0 Å². The molecule has 0 unspecified atom stereocenters. The normalized spacial score (nSPS) is 13.3. The predicted octanol–water partition coefficient (Wildman–Crippen LogP) is 3.36. The minimum absolute atomic E-state index is 0.415. The Bertz CT molecular complexity index is 175. The fourth-order valence-corrected chi connectivity index (χ4v) is 0.651. The first-order chi connectivity index (χ1) is 5.24. The molecule has 0 spiro atoms. The molecule has 0 aliphatic heterocycles. The SMILES string of the molecule is C=C/C(=C\C=C(\O)CC)CC. The van der Waals surface area contributed by atoms with Gasteiger partial charge in [-0.15, -0.1) is 0 Å². The second-order valence-corrected chi connectivity index (χ2v) is 2.31. The Morgan fingerprint density at radius 1 is 1.27 bits per heavy atom. The minimum atomic E-state index is 0.415. The molecule has 1 N–H and O–H groups in total. The van der Waals surface area contributed by atoms with Crippen molar-refractivity contribution in [1.82, 2.24) is 0 Å². The Morgan fingerprint density at radius 3 is 2.27 bits per heavy atom. The van der Waals surface area contributed by atoms with Crippen LogP contribution in [-0.4, -0.2) is 5.11 Å². The van der Waals surface area contributed by atoms with E-state index in [9.17, 15) is 0 Å². The third-order valence-corrected chi connectivity index (χ3v) is 1.52. The van der Waals surface area contributed by atoms with Crippen LogP contribution < -0.4 is 0 Å². The van der Waals surface area contributed by atoms with E-state index >= 15 is 0 Å². The number of allylic oxidation sites excluding steroid dienone is 5. The van der Waals surface area contributed by atoms with Gasteiger partial charge in [-0.05, 0) is 18.1 Å². The van der Waals surface area contributed by atoms with Crippen LogP contribution in [0.4, 0.5) is 0 Å². The van der Waals surface area contributed by atoms with Gasteiger partial charge in [0.15, 0.2) is 0 Å². The van der Waals surface area contributed by atoms with Crippen LogP contribution in [0.3, 0.4) is 0 Å². The molecule has 11 heavy (non-hydrogen) atoms. The molecule has 0 heterocycles. The van der Waals surface area contributed by atoms with Crippen molar-refractivity contribution in [1.29, 1.82) is 0 Å². The van der Waals surface area contributed by atoms with Crippen LogP contribution >= 0.6 is 0 Å². The molecule has 0 fully saturated rings. The van der Waals surface area contributed by atoms with Gasteiger partial charge < -0.3 is 5.11 Å². The van der Waals surface area contributed by atoms with E-state index in [1.165, 1.54) is 0 Å². The lowest BCUT2D eigenvalue weighted by molar-refractivity contribution is 0.395. The van der Waals surface area contributed by atoms with Gasteiger partial charge in [0, 0.05) is 6.42 Å². The van der Waals surface area contributed by atoms with Gasteiger partial charge >= 0.3 is 0 Å². The topological polar surface area (TPSA) is 20.2 Å². The highest BCUT2D eigenvalue weighted by Crippen LogP contribution is 2.03. The van der Waals surface area contributed by atoms with Crippen LogP contribution in [0.1, 0.15) is 26.7 Å². The molecule has 0 bridgehead atoms. The first kappa shape index (κ1) is 10.0. The van der Waals surface area contributed by atoms with Gasteiger partial charge in [0.05, 0.1) is 5.76 Å². The van der Waals surface area contributed by atoms with E-state index in [4.69, 9.17) is 5.11 Å². The summed E-state index contributed by atoms with van der Waals surface area (Å²) in [5, 5.41) is 9.08. The number of hydrogen-bond acceptors (Lipinski definition) is 1. The van der Waals surface area contributed by atoms with Crippen LogP contribution in [0.2, 0.25) is 0 Å². The van der Waals surface area contributed by atoms with Crippen LogP contribution in [0.15, 0.2) is 36.1 Å². The summed E-state index contributed by atoms with van der Waals surface area (Å²) in [5.41, 5.74) is 1.14. The summed E-state index contributed by atoms with van der Waals surface area (Å²) in [6.45, 7) is 7.63. The van der Waals surface area contributed by atoms with Crippen molar-refractivity contribution in [2.75, 3.05) is 0 Å². The second kappa shape index (κ2) is 5.78. The first-order valence-corrected chi connectivity index (χ1v) is 3.95. The fraction of sp³-hybridized carbons (Fsp3) is 0.400. The molecule has 0 aliphatic carbocycles. The van der Waals surface area contributed by atoms with Gasteiger partial charge in [-0.25, -0.2) is 0 Å². The van der Waals surface area contributed by atoms with Gasteiger partial charge in [-0.2, -0.15) is 0 Å². The van der Waals surface area contributed by atoms with E-state index in [0.29, 0.717) is 12.2 Å². The summed E-state index contributed by atoms with van der Waals surface area (Å²) in [6, 6.07) is 0. The van der Waals surface area contributed by atoms with Crippen molar-refractivity contribution in [2.45, 2.75) is 26.7 Å². The zero-order valence-electron chi connectivity index (χ0n) is 7.30. The van der Waals surface area contributed by atoms with E-state index in [-0.39, 0.29) is 0 Å². The summed E-state index contributed by atoms with van der Waals surface area (Å²) < 4.78 is 0. The van der Waals surface area contributed by atoms with Gasteiger partial charge in [0.1, 0.15) is 0 Å². The Balaban J connectivity index is 4.17. The summed E-state index contributed by atoms with van der Waals surface area (Å²) in [6.07, 6.45) is 7.06. The van der Waals surface area contributed by atoms with Crippen LogP contribution in [-0.2, 0) is 0 Å². The standard InChI is InChI=1S/C10H16O/c1-4-9(5-2)7-8-10(11)6-3/h4,7-8,11H,1,5-6H2,2-3H3/b9-7+,10-8+. The monoisotopic (exact) mass is 152 g/mol. The molecule has 0 aromatic carbocycles. The van der Waals surface area contributed by atoms with E-state index in [1.807, 2.05) is 13.0 Å². The molecule has 1 nitrogen and oxygen atoms in total. The Hall–Kier alpha value is -0.980. The third kappa shape index (κ3) is 4.43. The van der Waals surface area contributed by atoms with Gasteiger partial charge in [-0.3, -0.25) is 0 Å². The number of aliphatic hydroxyl groups is 1. The fourth-order valence-electron chi connectivity index (χ4n) is 0.651. The third-order valence-electron chi connectivity index (χ3n) is 1.52. The number of hydrogen-bond donors (Lipinski definition) is 1. The maximum absolute atomic E-state index is 9.08. The minimum Gasteiger partial charge on any atom is -0.512 e. The Labute approximate surface area is 68.7 Å². The van der Waals surface area contributed by atoms with E-state index in [0.717, 1.165) is 12.0 Å². The number of rotatable bonds is 4. The molecule has 0 aliphatic rings. The van der Waals surface area contributed by atoms with Gasteiger partial charge in [0.2, 0.25) is 0 Å². The zero-order valence-corrected chi connectivity index (χ0v) is 7.30. The van der Waals surface area contributed by atoms with Crippen molar-refractivity contribution in [3.05, 3.63) is 36.1 Å².